The Bertz CT molecular complexity index is 658. The molecule has 0 saturated carbocycles. The lowest BCUT2D eigenvalue weighted by Gasteiger charge is -2.26. The van der Waals surface area contributed by atoms with Gasteiger partial charge < -0.3 is 14.6 Å². The van der Waals surface area contributed by atoms with E-state index in [1.165, 1.54) is 6.92 Å². The Morgan fingerprint density at radius 3 is 2.67 bits per heavy atom. The Kier molecular flexibility index (Phi) is 5.14. The highest BCUT2D eigenvalue weighted by Gasteiger charge is 2.21. The number of amides is 1. The average molecular weight is 335 g/mol. The van der Waals surface area contributed by atoms with Crippen molar-refractivity contribution in [2.45, 2.75) is 17.6 Å². The van der Waals surface area contributed by atoms with E-state index in [-0.39, 0.29) is 23.1 Å². The fraction of sp³-hybridized carbons (Fsp3) is 0.636. The van der Waals surface area contributed by atoms with Crippen LogP contribution in [-0.2, 0) is 19.6 Å². The number of ether oxygens (including phenoxy) is 1. The van der Waals surface area contributed by atoms with Crippen molar-refractivity contribution in [3.63, 3.8) is 0 Å². The molecule has 8 nitrogen and oxygen atoms in total. The Hall–Kier alpha value is -1.23. The number of hydrogen-bond donors (Lipinski definition) is 2. The molecule has 1 aliphatic rings. The van der Waals surface area contributed by atoms with E-state index in [2.05, 4.69) is 9.71 Å². The zero-order valence-corrected chi connectivity index (χ0v) is 13.2. The van der Waals surface area contributed by atoms with E-state index in [1.807, 2.05) is 0 Å². The monoisotopic (exact) mass is 335 g/mol. The minimum atomic E-state index is -3.75. The van der Waals surface area contributed by atoms with Crippen LogP contribution in [0, 0.1) is 6.92 Å². The summed E-state index contributed by atoms with van der Waals surface area (Å²) in [7, 11) is -3.75. The number of rotatable bonds is 5. The number of carbonyl (C=O) groups excluding carboxylic acids is 1. The Balaban J connectivity index is 1.89. The molecule has 118 valence electrons. The molecule has 10 heteroatoms. The maximum Gasteiger partial charge on any atom is 0.305 e. The summed E-state index contributed by atoms with van der Waals surface area (Å²) in [6.45, 7) is 3.60. The lowest BCUT2D eigenvalue weighted by Crippen LogP contribution is -2.42. The van der Waals surface area contributed by atoms with Crippen molar-refractivity contribution < 1.29 is 17.9 Å². The Morgan fingerprint density at radius 2 is 2.10 bits per heavy atom. The van der Waals surface area contributed by atoms with Gasteiger partial charge in [0.15, 0.2) is 4.21 Å². The summed E-state index contributed by atoms with van der Waals surface area (Å²) in [6, 6.07) is 0. The molecule has 0 spiro atoms. The number of carbonyl (C=O) groups is 1. The fourth-order valence-electron chi connectivity index (χ4n) is 1.98. The molecule has 2 N–H and O–H groups in total. The van der Waals surface area contributed by atoms with E-state index >= 15 is 0 Å². The van der Waals surface area contributed by atoms with Crippen molar-refractivity contribution >= 4 is 27.3 Å². The van der Waals surface area contributed by atoms with Gasteiger partial charge in [0.1, 0.15) is 0 Å². The van der Waals surface area contributed by atoms with E-state index < -0.39 is 14.9 Å². The first-order valence-electron chi connectivity index (χ1n) is 6.45. The first-order valence-corrected chi connectivity index (χ1v) is 8.75. The highest BCUT2D eigenvalue weighted by molar-refractivity contribution is 7.91. The number of aryl methyl sites for hydroxylation is 1. The number of sulfonamides is 1. The molecule has 0 aromatic carbocycles. The van der Waals surface area contributed by atoms with Crippen molar-refractivity contribution in [3.05, 3.63) is 15.4 Å². The summed E-state index contributed by atoms with van der Waals surface area (Å²) in [5.41, 5.74) is 0.303. The van der Waals surface area contributed by atoms with Gasteiger partial charge in [0.2, 0.25) is 5.91 Å². The van der Waals surface area contributed by atoms with Crippen molar-refractivity contribution in [1.82, 2.24) is 14.6 Å². The second-order valence-electron chi connectivity index (χ2n) is 4.57. The summed E-state index contributed by atoms with van der Waals surface area (Å²) < 4.78 is 31.5. The lowest BCUT2D eigenvalue weighted by atomic mass is 10.3. The number of aromatic amines is 1. The molecule has 0 bridgehead atoms. The number of H-pyrrole nitrogens is 1. The highest BCUT2D eigenvalue weighted by atomic mass is 32.2. The van der Waals surface area contributed by atoms with Gasteiger partial charge in [0.25, 0.3) is 10.0 Å². The van der Waals surface area contributed by atoms with Gasteiger partial charge in [-0.1, -0.05) is 11.3 Å². The van der Waals surface area contributed by atoms with E-state index in [0.717, 1.165) is 0 Å². The van der Waals surface area contributed by atoms with Crippen molar-refractivity contribution in [3.8, 4) is 0 Å². The molecule has 2 heterocycles. The number of nitrogens with zero attached hydrogens (tertiary/aromatic N) is 1. The van der Waals surface area contributed by atoms with Crippen LogP contribution in [0.15, 0.2) is 9.00 Å². The van der Waals surface area contributed by atoms with Crippen LogP contribution in [0.25, 0.3) is 0 Å². The molecule has 0 atom stereocenters. The zero-order chi connectivity index (χ0) is 15.5. The predicted molar refractivity (Wildman–Crippen MR) is 76.9 cm³/mol. The molecule has 1 fully saturated rings. The van der Waals surface area contributed by atoms with Crippen LogP contribution >= 0.6 is 11.3 Å². The van der Waals surface area contributed by atoms with E-state index in [9.17, 15) is 18.0 Å². The van der Waals surface area contributed by atoms with Crippen molar-refractivity contribution in [1.29, 1.82) is 0 Å². The van der Waals surface area contributed by atoms with E-state index in [4.69, 9.17) is 4.74 Å². The highest BCUT2D eigenvalue weighted by Crippen LogP contribution is 2.15. The minimum absolute atomic E-state index is 0.00402. The second-order valence-corrected chi connectivity index (χ2v) is 7.51. The molecule has 1 aromatic rings. The van der Waals surface area contributed by atoms with Gasteiger partial charge in [-0.3, -0.25) is 9.59 Å². The number of nitrogens with one attached hydrogen (secondary N) is 2. The van der Waals surface area contributed by atoms with Gasteiger partial charge in [0.05, 0.1) is 13.2 Å². The molecule has 2 rings (SSSR count). The average Bonchev–Trinajstić information content (AvgIpc) is 2.79. The Morgan fingerprint density at radius 1 is 1.43 bits per heavy atom. The minimum Gasteiger partial charge on any atom is -0.378 e. The third-order valence-corrected chi connectivity index (χ3v) is 6.09. The standard InChI is InChI=1S/C11H17N3O5S2/c1-8-10(20-11(16)13-8)21(17,18)12-3-2-9(15)14-4-6-19-7-5-14/h12H,2-7H2,1H3,(H,13,16). The maximum absolute atomic E-state index is 12.0. The molecule has 21 heavy (non-hydrogen) atoms. The molecule has 0 radical (unpaired) electrons. The molecule has 1 saturated heterocycles. The van der Waals surface area contributed by atoms with Crippen LogP contribution in [0.1, 0.15) is 12.1 Å². The van der Waals surface area contributed by atoms with E-state index in [1.54, 1.807) is 4.90 Å². The van der Waals surface area contributed by atoms with Crippen LogP contribution in [0.2, 0.25) is 0 Å². The maximum atomic E-state index is 12.0. The fourth-order valence-corrected chi connectivity index (χ4v) is 4.35. The normalized spacial score (nSPS) is 16.1. The van der Waals surface area contributed by atoms with E-state index in [0.29, 0.717) is 43.3 Å². The summed E-state index contributed by atoms with van der Waals surface area (Å²) in [5.74, 6) is -0.111. The third-order valence-electron chi connectivity index (χ3n) is 3.02. The molecule has 1 aromatic heterocycles. The largest absolute Gasteiger partial charge is 0.378 e. The first-order chi connectivity index (χ1) is 9.90. The van der Waals surface area contributed by atoms with Gasteiger partial charge in [0, 0.05) is 31.7 Å². The van der Waals surface area contributed by atoms with Crippen molar-refractivity contribution in [2.75, 3.05) is 32.8 Å². The Labute approximate surface area is 126 Å². The zero-order valence-electron chi connectivity index (χ0n) is 11.5. The topological polar surface area (TPSA) is 109 Å². The quantitative estimate of drug-likeness (QED) is 0.737. The molecular weight excluding hydrogens is 318 g/mol. The summed E-state index contributed by atoms with van der Waals surface area (Å²) in [5, 5.41) is 0. The molecule has 0 unspecified atom stereocenters. The third kappa shape index (κ3) is 4.13. The smallest absolute Gasteiger partial charge is 0.305 e. The molecular formula is C11H17N3O5S2. The van der Waals surface area contributed by atoms with Gasteiger partial charge in [-0.2, -0.15) is 0 Å². The SMILES string of the molecule is Cc1[nH]c(=O)sc1S(=O)(=O)NCCC(=O)N1CCOCC1. The summed E-state index contributed by atoms with van der Waals surface area (Å²) in [6.07, 6.45) is 0.0810. The summed E-state index contributed by atoms with van der Waals surface area (Å²) in [4.78, 5) is 26.7. The molecule has 1 aliphatic heterocycles. The lowest BCUT2D eigenvalue weighted by molar-refractivity contribution is -0.135. The van der Waals surface area contributed by atoms with Gasteiger partial charge in [-0.15, -0.1) is 0 Å². The van der Waals surface area contributed by atoms with Gasteiger partial charge in [-0.05, 0) is 6.92 Å². The molecule has 1 amide bonds. The van der Waals surface area contributed by atoms with Gasteiger partial charge in [-0.25, -0.2) is 13.1 Å². The van der Waals surface area contributed by atoms with Gasteiger partial charge >= 0.3 is 4.87 Å². The van der Waals surface area contributed by atoms with Crippen LogP contribution in [-0.4, -0.2) is 57.1 Å². The van der Waals surface area contributed by atoms with Crippen LogP contribution in [0.4, 0.5) is 0 Å². The number of thiazole rings is 1. The van der Waals surface area contributed by atoms with Crippen molar-refractivity contribution in [2.24, 2.45) is 0 Å². The summed E-state index contributed by atoms with van der Waals surface area (Å²) >= 11 is 0.635. The predicted octanol–water partition coefficient (Wildman–Crippen LogP) is -0.728. The first kappa shape index (κ1) is 16.1. The number of hydrogen-bond acceptors (Lipinski definition) is 6. The number of aromatic nitrogens is 1. The molecule has 0 aliphatic carbocycles. The van der Waals surface area contributed by atoms with Crippen LogP contribution in [0.3, 0.4) is 0 Å². The second kappa shape index (κ2) is 6.69. The number of morpholine rings is 1. The van der Waals surface area contributed by atoms with Crippen LogP contribution in [0.5, 0.6) is 0 Å². The van der Waals surface area contributed by atoms with Crippen LogP contribution < -0.4 is 9.60 Å².